The monoisotopic (exact) mass is 583 g/mol. The molecule has 0 fully saturated rings. The van der Waals surface area contributed by atoms with Crippen molar-refractivity contribution in [3.63, 3.8) is 0 Å². The zero-order valence-corrected chi connectivity index (χ0v) is 25.5. The van der Waals surface area contributed by atoms with Crippen LogP contribution >= 0.6 is 11.6 Å². The summed E-state index contributed by atoms with van der Waals surface area (Å²) in [6.07, 6.45) is 0. The van der Waals surface area contributed by atoms with E-state index in [1.54, 1.807) is 14.2 Å². The highest BCUT2D eigenvalue weighted by Gasteiger charge is 2.22. The van der Waals surface area contributed by atoms with Gasteiger partial charge in [-0.2, -0.15) is 0 Å². The summed E-state index contributed by atoms with van der Waals surface area (Å²) in [7, 11) is 3.40. The van der Waals surface area contributed by atoms with Crippen LogP contribution in [0.25, 0.3) is 71.0 Å². The van der Waals surface area contributed by atoms with Crippen LogP contribution in [-0.4, -0.2) is 18.8 Å². The molecule has 0 radical (unpaired) electrons. The molecule has 0 unspecified atom stereocenters. The van der Waals surface area contributed by atoms with Crippen LogP contribution < -0.4 is 9.47 Å². The molecular formula is C38H30ClNO3. The first-order valence-corrected chi connectivity index (χ1v) is 14.8. The summed E-state index contributed by atoms with van der Waals surface area (Å²) >= 11 is 6.95. The lowest BCUT2D eigenvalue weighted by molar-refractivity contribution is 0.415. The molecule has 0 saturated heterocycles. The van der Waals surface area contributed by atoms with Crippen LogP contribution in [0.4, 0.5) is 0 Å². The number of aromatic nitrogens is 1. The normalized spacial score (nSPS) is 12.4. The predicted octanol–water partition coefficient (Wildman–Crippen LogP) is 11.0. The van der Waals surface area contributed by atoms with Crippen molar-refractivity contribution >= 4 is 76.9 Å². The van der Waals surface area contributed by atoms with Crippen molar-refractivity contribution in [2.45, 2.75) is 26.2 Å². The molecule has 0 N–H and O–H groups in total. The predicted molar refractivity (Wildman–Crippen MR) is 180 cm³/mol. The van der Waals surface area contributed by atoms with E-state index in [0.717, 1.165) is 82.5 Å². The van der Waals surface area contributed by atoms with E-state index in [2.05, 4.69) is 92.1 Å². The van der Waals surface area contributed by atoms with Crippen molar-refractivity contribution in [3.8, 4) is 17.2 Å². The lowest BCUT2D eigenvalue weighted by Crippen LogP contribution is -2.10. The fourth-order valence-corrected chi connectivity index (χ4v) is 6.72. The van der Waals surface area contributed by atoms with Crippen molar-refractivity contribution in [1.82, 2.24) is 4.57 Å². The molecule has 4 nitrogen and oxygen atoms in total. The minimum Gasteiger partial charge on any atom is -0.497 e. The van der Waals surface area contributed by atoms with Crippen LogP contribution in [0, 0.1) is 0 Å². The van der Waals surface area contributed by atoms with Crippen molar-refractivity contribution in [2.75, 3.05) is 14.2 Å². The first-order valence-electron chi connectivity index (χ1n) is 14.4. The summed E-state index contributed by atoms with van der Waals surface area (Å²) < 4.78 is 20.0. The quantitative estimate of drug-likeness (QED) is 0.207. The zero-order valence-electron chi connectivity index (χ0n) is 24.7. The second-order valence-electron chi connectivity index (χ2n) is 12.3. The number of rotatable bonds is 3. The Labute approximate surface area is 254 Å². The summed E-state index contributed by atoms with van der Waals surface area (Å²) in [5.41, 5.74) is 6.04. The van der Waals surface area contributed by atoms with E-state index in [4.69, 9.17) is 25.5 Å². The van der Waals surface area contributed by atoms with Crippen molar-refractivity contribution in [1.29, 1.82) is 0 Å². The summed E-state index contributed by atoms with van der Waals surface area (Å²) in [6, 6.07) is 32.0. The van der Waals surface area contributed by atoms with E-state index in [9.17, 15) is 0 Å². The van der Waals surface area contributed by atoms with Gasteiger partial charge in [-0.25, -0.2) is 0 Å². The van der Waals surface area contributed by atoms with Crippen molar-refractivity contribution < 1.29 is 13.9 Å². The molecule has 0 amide bonds. The van der Waals surface area contributed by atoms with Crippen molar-refractivity contribution in [3.05, 3.63) is 102 Å². The fraction of sp³-hybridized carbons (Fsp3) is 0.158. The molecule has 212 valence electrons. The van der Waals surface area contributed by atoms with Crippen LogP contribution in [0.5, 0.6) is 11.5 Å². The maximum Gasteiger partial charge on any atom is 0.136 e. The highest BCUT2D eigenvalue weighted by atomic mass is 35.5. The molecule has 0 aliphatic heterocycles. The Balaban J connectivity index is 1.38. The molecule has 6 aromatic carbocycles. The number of benzene rings is 6. The molecule has 43 heavy (non-hydrogen) atoms. The molecule has 0 aliphatic rings. The smallest absolute Gasteiger partial charge is 0.136 e. The highest BCUT2D eigenvalue weighted by molar-refractivity contribution is 6.37. The summed E-state index contributed by atoms with van der Waals surface area (Å²) in [5, 5.41) is 9.52. The first-order chi connectivity index (χ1) is 20.7. The minimum absolute atomic E-state index is 0.00719. The van der Waals surface area contributed by atoms with Crippen LogP contribution in [0.15, 0.2) is 95.4 Å². The third kappa shape index (κ3) is 3.90. The Morgan fingerprint density at radius 2 is 1.35 bits per heavy atom. The molecule has 5 heteroatoms. The number of methoxy groups -OCH3 is 2. The topological polar surface area (TPSA) is 36.5 Å². The molecule has 8 aromatic rings. The largest absolute Gasteiger partial charge is 0.497 e. The van der Waals surface area contributed by atoms with Crippen LogP contribution in [0.1, 0.15) is 26.3 Å². The number of nitrogens with zero attached hydrogens (tertiary/aromatic N) is 1. The Morgan fingerprint density at radius 1 is 0.651 bits per heavy atom. The second kappa shape index (κ2) is 9.16. The van der Waals surface area contributed by atoms with Gasteiger partial charge >= 0.3 is 0 Å². The maximum absolute atomic E-state index is 6.95. The zero-order chi connectivity index (χ0) is 29.6. The van der Waals surface area contributed by atoms with Gasteiger partial charge < -0.3 is 18.5 Å². The van der Waals surface area contributed by atoms with Gasteiger partial charge in [0, 0.05) is 21.8 Å². The Bertz CT molecular complexity index is 2420. The summed E-state index contributed by atoms with van der Waals surface area (Å²) in [4.78, 5) is 0. The third-order valence-electron chi connectivity index (χ3n) is 8.74. The van der Waals surface area contributed by atoms with Gasteiger partial charge in [0.15, 0.2) is 0 Å². The SMILES string of the molecule is COc1ccc2cc3c(cc2c1)oc1cc2cc(-n4c5ccc(C(C)(C)C)cc5c5c(OC)ccc(Cl)c54)ccc2cc13. The van der Waals surface area contributed by atoms with Gasteiger partial charge in [0.05, 0.1) is 35.7 Å². The summed E-state index contributed by atoms with van der Waals surface area (Å²) in [6.45, 7) is 6.71. The maximum atomic E-state index is 6.95. The van der Waals surface area contributed by atoms with Gasteiger partial charge in [0.1, 0.15) is 22.7 Å². The van der Waals surface area contributed by atoms with Gasteiger partial charge in [0.25, 0.3) is 0 Å². The lowest BCUT2D eigenvalue weighted by atomic mass is 9.86. The van der Waals surface area contributed by atoms with Crippen LogP contribution in [0.2, 0.25) is 5.02 Å². The van der Waals surface area contributed by atoms with E-state index >= 15 is 0 Å². The standard InChI is InChI=1S/C38H30ClNO3/c1-38(2,3)25-8-12-32-30(20-25)36-33(42-5)13-11-31(39)37(36)40(32)26-9-6-21-16-28-29-17-22-7-10-27(41-4)15-24(22)19-35(29)43-34(28)18-23(21)14-26/h6-20H,1-5H3. The van der Waals surface area contributed by atoms with Gasteiger partial charge in [-0.05, 0) is 105 Å². The van der Waals surface area contributed by atoms with E-state index in [1.165, 1.54) is 5.56 Å². The highest BCUT2D eigenvalue weighted by Crippen LogP contribution is 2.43. The molecule has 0 atom stereocenters. The molecular weight excluding hydrogens is 554 g/mol. The van der Waals surface area contributed by atoms with E-state index in [-0.39, 0.29) is 5.41 Å². The fourth-order valence-electron chi connectivity index (χ4n) is 6.48. The lowest BCUT2D eigenvalue weighted by Gasteiger charge is -2.19. The van der Waals surface area contributed by atoms with Gasteiger partial charge in [-0.15, -0.1) is 0 Å². The summed E-state index contributed by atoms with van der Waals surface area (Å²) in [5.74, 6) is 1.64. The van der Waals surface area contributed by atoms with E-state index in [1.807, 2.05) is 24.3 Å². The van der Waals surface area contributed by atoms with Crippen molar-refractivity contribution in [2.24, 2.45) is 0 Å². The third-order valence-corrected chi connectivity index (χ3v) is 9.05. The molecule has 0 saturated carbocycles. The molecule has 2 aromatic heterocycles. The first kappa shape index (κ1) is 26.0. The number of furan rings is 1. The van der Waals surface area contributed by atoms with Gasteiger partial charge in [-0.3, -0.25) is 0 Å². The Morgan fingerprint density at radius 3 is 2.02 bits per heavy atom. The van der Waals surface area contributed by atoms with Gasteiger partial charge in [-0.1, -0.05) is 50.6 Å². The number of fused-ring (bicyclic) bond motifs is 8. The van der Waals surface area contributed by atoms with Gasteiger partial charge in [0.2, 0.25) is 0 Å². The van der Waals surface area contributed by atoms with Crippen LogP contribution in [-0.2, 0) is 5.41 Å². The average molecular weight is 584 g/mol. The second-order valence-corrected chi connectivity index (χ2v) is 12.7. The molecule has 0 spiro atoms. The molecule has 2 heterocycles. The van der Waals surface area contributed by atoms with E-state index in [0.29, 0.717) is 5.02 Å². The van der Waals surface area contributed by atoms with E-state index < -0.39 is 0 Å². The number of ether oxygens (including phenoxy) is 2. The molecule has 0 bridgehead atoms. The number of halogens is 1. The molecule has 8 rings (SSSR count). The Kier molecular flexibility index (Phi) is 5.54. The van der Waals surface area contributed by atoms with Crippen LogP contribution in [0.3, 0.4) is 0 Å². The number of hydrogen-bond donors (Lipinski definition) is 0. The average Bonchev–Trinajstić information content (AvgIpc) is 3.53. The Hall–Kier alpha value is -4.67. The molecule has 0 aliphatic carbocycles. The minimum atomic E-state index is 0.00719. The number of hydrogen-bond acceptors (Lipinski definition) is 3.